The highest BCUT2D eigenvalue weighted by Gasteiger charge is 2.64. The van der Waals surface area contributed by atoms with Gasteiger partial charge in [-0.05, 0) is 18.1 Å². The van der Waals surface area contributed by atoms with Crippen molar-refractivity contribution in [2.24, 2.45) is 5.92 Å². The second-order valence-electron chi connectivity index (χ2n) is 8.52. The fraction of sp³-hybridized carbons (Fsp3) is 0.650. The average molecular weight is 421 g/mol. The number of carbonyl (C=O) groups excluding carboxylic acids is 1. The van der Waals surface area contributed by atoms with Crippen LogP contribution in [0.2, 0.25) is 18.1 Å². The summed E-state index contributed by atoms with van der Waals surface area (Å²) >= 11 is 0. The fourth-order valence-electron chi connectivity index (χ4n) is 2.32. The first kappa shape index (κ1) is 24.7. The molecule has 0 saturated carbocycles. The zero-order valence-corrected chi connectivity index (χ0v) is 18.6. The van der Waals surface area contributed by atoms with Crippen molar-refractivity contribution < 1.29 is 31.9 Å². The van der Waals surface area contributed by atoms with Crippen LogP contribution in [0.15, 0.2) is 30.3 Å². The molecule has 0 fully saturated rings. The quantitative estimate of drug-likeness (QED) is 0.423. The average Bonchev–Trinajstić information content (AvgIpc) is 2.58. The first-order chi connectivity index (χ1) is 12.7. The van der Waals surface area contributed by atoms with Crippen LogP contribution in [-0.2, 0) is 24.3 Å². The van der Waals surface area contributed by atoms with Crippen LogP contribution < -0.4 is 0 Å². The van der Waals surface area contributed by atoms with E-state index in [0.717, 1.165) is 7.11 Å². The summed E-state index contributed by atoms with van der Waals surface area (Å²) in [5.74, 6) is -1.73. The van der Waals surface area contributed by atoms with Gasteiger partial charge in [0.2, 0.25) is 0 Å². The summed E-state index contributed by atoms with van der Waals surface area (Å²) in [5, 5.41) is 0.0121. The predicted octanol–water partition coefficient (Wildman–Crippen LogP) is 5.29. The summed E-state index contributed by atoms with van der Waals surface area (Å²) in [6.07, 6.45) is -4.97. The summed E-state index contributed by atoms with van der Waals surface area (Å²) < 4.78 is 57.3. The molecule has 2 atom stereocenters. The summed E-state index contributed by atoms with van der Waals surface area (Å²) in [6.45, 7) is 12.3. The highest BCUT2D eigenvalue weighted by Crippen LogP contribution is 2.43. The minimum Gasteiger partial charge on any atom is -0.463 e. The maximum Gasteiger partial charge on any atom is 0.432 e. The number of ether oxygens (including phenoxy) is 2. The number of rotatable bonds is 8. The van der Waals surface area contributed by atoms with Crippen LogP contribution in [0.5, 0.6) is 0 Å². The molecule has 0 aliphatic heterocycles. The molecular formula is C20H31F3O4Si. The summed E-state index contributed by atoms with van der Waals surface area (Å²) in [5.41, 5.74) is -3.48. The van der Waals surface area contributed by atoms with E-state index in [0.29, 0.717) is 6.61 Å². The number of alkyl halides is 3. The van der Waals surface area contributed by atoms with Gasteiger partial charge in [0.1, 0.15) is 0 Å². The molecule has 0 bridgehead atoms. The molecular weight excluding hydrogens is 389 g/mol. The SMILES string of the molecule is CO[C@@](C(=O)OC[C@H](C)CO[Si](C)(C)C(C)(C)C)(c1ccccc1)C(F)(F)F. The van der Waals surface area contributed by atoms with Gasteiger partial charge in [-0.1, -0.05) is 58.0 Å². The van der Waals surface area contributed by atoms with E-state index in [2.05, 4.69) is 33.9 Å². The Balaban J connectivity index is 2.88. The molecule has 0 aliphatic rings. The molecule has 1 rings (SSSR count). The maximum absolute atomic E-state index is 13.8. The Labute approximate surface area is 166 Å². The number of carbonyl (C=O) groups is 1. The van der Waals surface area contributed by atoms with Crippen LogP contribution in [0.1, 0.15) is 33.3 Å². The van der Waals surface area contributed by atoms with E-state index >= 15 is 0 Å². The van der Waals surface area contributed by atoms with Crippen LogP contribution in [0, 0.1) is 5.92 Å². The summed E-state index contributed by atoms with van der Waals surface area (Å²) in [4.78, 5) is 12.5. The molecule has 8 heteroatoms. The standard InChI is InChI=1S/C20H31F3O4Si/c1-15(14-27-28(6,7)18(2,3)4)13-26-17(24)19(25-5,20(21,22)23)16-11-9-8-10-12-16/h8-12,15H,13-14H2,1-7H3/t15-,19+/m0/s1. The van der Waals surface area contributed by atoms with Gasteiger partial charge in [0, 0.05) is 25.2 Å². The van der Waals surface area contributed by atoms with E-state index in [1.807, 2.05) is 0 Å². The van der Waals surface area contributed by atoms with E-state index in [9.17, 15) is 18.0 Å². The Bertz CT molecular complexity index is 641. The zero-order chi connectivity index (χ0) is 21.8. The van der Waals surface area contributed by atoms with Gasteiger partial charge >= 0.3 is 12.1 Å². The molecule has 0 unspecified atom stereocenters. The lowest BCUT2D eigenvalue weighted by Gasteiger charge is -2.37. The van der Waals surface area contributed by atoms with Crippen LogP contribution in [0.3, 0.4) is 0 Å². The van der Waals surface area contributed by atoms with Gasteiger partial charge in [-0.25, -0.2) is 4.79 Å². The Kier molecular flexibility index (Phi) is 7.89. The van der Waals surface area contributed by atoms with E-state index in [-0.39, 0.29) is 23.1 Å². The number of esters is 1. The van der Waals surface area contributed by atoms with Gasteiger partial charge in [0.25, 0.3) is 5.60 Å². The third-order valence-corrected chi connectivity index (χ3v) is 9.71. The second kappa shape index (κ2) is 8.96. The molecule has 4 nitrogen and oxygen atoms in total. The Morgan fingerprint density at radius 2 is 1.61 bits per heavy atom. The number of halogens is 3. The van der Waals surface area contributed by atoms with Crippen molar-refractivity contribution in [1.29, 1.82) is 0 Å². The van der Waals surface area contributed by atoms with Gasteiger partial charge in [-0.15, -0.1) is 0 Å². The lowest BCUT2D eigenvalue weighted by Crippen LogP contribution is -2.52. The van der Waals surface area contributed by atoms with Gasteiger partial charge in [-0.2, -0.15) is 13.2 Å². The van der Waals surface area contributed by atoms with Crippen molar-refractivity contribution in [2.75, 3.05) is 20.3 Å². The van der Waals surface area contributed by atoms with E-state index in [4.69, 9.17) is 13.9 Å². The first-order valence-electron chi connectivity index (χ1n) is 9.17. The largest absolute Gasteiger partial charge is 0.463 e. The summed E-state index contributed by atoms with van der Waals surface area (Å²) in [6, 6.07) is 6.78. The number of hydrogen-bond acceptors (Lipinski definition) is 4. The molecule has 1 aromatic rings. The number of methoxy groups -OCH3 is 1. The minimum atomic E-state index is -4.97. The molecule has 0 aliphatic carbocycles. The minimum absolute atomic E-state index is 0.0121. The van der Waals surface area contributed by atoms with Gasteiger partial charge in [-0.3, -0.25) is 0 Å². The van der Waals surface area contributed by atoms with Gasteiger partial charge in [0.15, 0.2) is 8.32 Å². The summed E-state index contributed by atoms with van der Waals surface area (Å²) in [7, 11) is -1.14. The third kappa shape index (κ3) is 5.36. The Morgan fingerprint density at radius 1 is 1.07 bits per heavy atom. The lowest BCUT2D eigenvalue weighted by atomic mass is 9.92. The van der Waals surface area contributed by atoms with Crippen molar-refractivity contribution in [3.05, 3.63) is 35.9 Å². The highest BCUT2D eigenvalue weighted by atomic mass is 28.4. The molecule has 160 valence electrons. The van der Waals surface area contributed by atoms with Crippen LogP contribution in [-0.4, -0.2) is 40.8 Å². The predicted molar refractivity (Wildman–Crippen MR) is 104 cm³/mol. The molecule has 0 heterocycles. The van der Waals surface area contributed by atoms with Crippen molar-refractivity contribution in [2.45, 2.75) is 57.6 Å². The van der Waals surface area contributed by atoms with Crippen molar-refractivity contribution in [3.8, 4) is 0 Å². The molecule has 0 aromatic heterocycles. The lowest BCUT2D eigenvalue weighted by molar-refractivity contribution is -0.276. The van der Waals surface area contributed by atoms with Crippen molar-refractivity contribution >= 4 is 14.3 Å². The number of benzene rings is 1. The molecule has 0 radical (unpaired) electrons. The monoisotopic (exact) mass is 420 g/mol. The van der Waals surface area contributed by atoms with E-state index < -0.39 is 26.1 Å². The normalized spacial score (nSPS) is 16.4. The van der Waals surface area contributed by atoms with Crippen molar-refractivity contribution in [3.63, 3.8) is 0 Å². The molecule has 0 saturated heterocycles. The molecule has 0 N–H and O–H groups in total. The van der Waals surface area contributed by atoms with Crippen molar-refractivity contribution in [1.82, 2.24) is 0 Å². The topological polar surface area (TPSA) is 44.8 Å². The van der Waals surface area contributed by atoms with Crippen LogP contribution >= 0.6 is 0 Å². The smallest absolute Gasteiger partial charge is 0.432 e. The third-order valence-electron chi connectivity index (χ3n) is 5.21. The first-order valence-corrected chi connectivity index (χ1v) is 12.1. The maximum atomic E-state index is 13.8. The van der Waals surface area contributed by atoms with E-state index in [1.165, 1.54) is 24.3 Å². The second-order valence-corrected chi connectivity index (χ2v) is 13.3. The van der Waals surface area contributed by atoms with Gasteiger partial charge < -0.3 is 13.9 Å². The van der Waals surface area contributed by atoms with Crippen LogP contribution in [0.25, 0.3) is 0 Å². The van der Waals surface area contributed by atoms with Gasteiger partial charge in [0.05, 0.1) is 6.61 Å². The van der Waals surface area contributed by atoms with Crippen LogP contribution in [0.4, 0.5) is 13.2 Å². The number of hydrogen-bond donors (Lipinski definition) is 0. The molecule has 0 spiro atoms. The molecule has 1 aromatic carbocycles. The highest BCUT2D eigenvalue weighted by molar-refractivity contribution is 6.74. The van der Waals surface area contributed by atoms with E-state index in [1.54, 1.807) is 13.0 Å². The fourth-order valence-corrected chi connectivity index (χ4v) is 3.46. The molecule has 0 amide bonds. The Hall–Kier alpha value is -1.38. The Morgan fingerprint density at radius 3 is 2.04 bits per heavy atom. The molecule has 28 heavy (non-hydrogen) atoms. The zero-order valence-electron chi connectivity index (χ0n) is 17.6.